The molecule has 7 nitrogen and oxygen atoms in total. The van der Waals surface area contributed by atoms with E-state index in [4.69, 9.17) is 11.6 Å². The van der Waals surface area contributed by atoms with E-state index in [0.717, 1.165) is 139 Å². The average molecular weight is 761 g/mol. The van der Waals surface area contributed by atoms with Crippen molar-refractivity contribution >= 4 is 60.1 Å². The smallest absolute Gasteiger partial charge is 0.197 e. The zero-order valence-electron chi connectivity index (χ0n) is 31.8. The molecule has 0 unspecified atom stereocenters. The Bertz CT molecular complexity index is 2070. The van der Waals surface area contributed by atoms with E-state index in [0.29, 0.717) is 17.6 Å². The lowest BCUT2D eigenvalue weighted by atomic mass is 9.69. The van der Waals surface area contributed by atoms with Gasteiger partial charge in [-0.3, -0.25) is 19.8 Å². The van der Waals surface area contributed by atoms with Gasteiger partial charge in [-0.15, -0.1) is 0 Å². The molecule has 6 aromatic rings. The second-order valence-corrected chi connectivity index (χ2v) is 15.5. The van der Waals surface area contributed by atoms with Gasteiger partial charge in [0.2, 0.25) is 0 Å². The first kappa shape index (κ1) is 39.4. The fourth-order valence-corrected chi connectivity index (χ4v) is 8.40. The monoisotopic (exact) mass is 760 g/mol. The van der Waals surface area contributed by atoms with Crippen LogP contribution in [-0.2, 0) is 22.7 Å². The summed E-state index contributed by atoms with van der Waals surface area (Å²) in [6.45, 7) is 5.69. The molecule has 2 radical (unpaired) electrons. The molecule has 282 valence electrons. The molecule has 2 aromatic heterocycles. The van der Waals surface area contributed by atoms with Crippen LogP contribution in [0.2, 0.25) is 17.7 Å². The quantitative estimate of drug-likeness (QED) is 0.0984. The minimum Gasteiger partial charge on any atom is -0.508 e. The van der Waals surface area contributed by atoms with Gasteiger partial charge >= 0.3 is 0 Å². The van der Waals surface area contributed by atoms with Crippen LogP contribution in [0.15, 0.2) is 110 Å². The van der Waals surface area contributed by atoms with Gasteiger partial charge in [0, 0.05) is 70.4 Å². The van der Waals surface area contributed by atoms with Crippen LogP contribution < -0.4 is 0 Å². The van der Waals surface area contributed by atoms with Crippen molar-refractivity contribution in [3.63, 3.8) is 0 Å². The fraction of sp³-hybridized carbons (Fsp3) is 0.304. The summed E-state index contributed by atoms with van der Waals surface area (Å²) in [5.41, 5.74) is 6.64. The number of aromatic hydroxyl groups is 1. The minimum absolute atomic E-state index is 0.330. The van der Waals surface area contributed by atoms with Gasteiger partial charge in [-0.25, -0.2) is 0 Å². The van der Waals surface area contributed by atoms with Crippen LogP contribution in [0, 0.1) is 11.8 Å². The molecular weight excluding hydrogens is 714 g/mol. The highest BCUT2D eigenvalue weighted by Gasteiger charge is 2.22. The highest BCUT2D eigenvalue weighted by atomic mass is 35.5. The number of piperidine rings is 2. The molecule has 2 fully saturated rings. The summed E-state index contributed by atoms with van der Waals surface area (Å²) < 4.78 is 0. The Morgan fingerprint density at radius 2 is 1.07 bits per heavy atom. The highest BCUT2D eigenvalue weighted by molar-refractivity contribution is 6.67. The van der Waals surface area contributed by atoms with Crippen molar-refractivity contribution in [2.75, 3.05) is 26.2 Å². The van der Waals surface area contributed by atoms with E-state index in [1.54, 1.807) is 20.8 Å². The van der Waals surface area contributed by atoms with Crippen molar-refractivity contribution in [2.24, 2.45) is 11.8 Å². The van der Waals surface area contributed by atoms with Crippen LogP contribution >= 0.6 is 11.6 Å². The number of phenols is 1. The van der Waals surface area contributed by atoms with E-state index in [9.17, 15) is 14.7 Å². The minimum atomic E-state index is 0.330. The number of carbonyl (C=O) groups is 2. The third kappa shape index (κ3) is 9.94. The van der Waals surface area contributed by atoms with Crippen LogP contribution in [0.25, 0.3) is 43.8 Å². The number of halogens is 1. The maximum absolute atomic E-state index is 10.6. The lowest BCUT2D eigenvalue weighted by molar-refractivity contribution is 0.184. The van der Waals surface area contributed by atoms with E-state index >= 15 is 0 Å². The molecule has 1 N–H and O–H groups in total. The van der Waals surface area contributed by atoms with Gasteiger partial charge in [-0.05, 0) is 115 Å². The molecular formula is C46H47B2ClN4O3. The van der Waals surface area contributed by atoms with Gasteiger partial charge < -0.3 is 14.7 Å². The summed E-state index contributed by atoms with van der Waals surface area (Å²) in [5.74, 6) is 1.56. The first-order valence-electron chi connectivity index (χ1n) is 19.7. The molecule has 2 aliphatic rings. The van der Waals surface area contributed by atoms with Gasteiger partial charge in [0.1, 0.15) is 5.75 Å². The summed E-state index contributed by atoms with van der Waals surface area (Å²) >= 11 is 6.62. The molecule has 0 amide bonds. The Morgan fingerprint density at radius 3 is 1.55 bits per heavy atom. The third-order valence-electron chi connectivity index (χ3n) is 11.4. The molecule has 0 aliphatic carbocycles. The topological polar surface area (TPSA) is 86.6 Å². The maximum Gasteiger partial charge on any atom is 0.197 e. The normalized spacial score (nSPS) is 15.6. The van der Waals surface area contributed by atoms with Crippen LogP contribution in [0.1, 0.15) is 36.8 Å². The second-order valence-electron chi connectivity index (χ2n) is 15.1. The molecule has 0 saturated carbocycles. The number of fused-ring (bicyclic) bond motifs is 2. The van der Waals surface area contributed by atoms with Crippen LogP contribution in [0.4, 0.5) is 0 Å². The first-order chi connectivity index (χ1) is 27.5. The Morgan fingerprint density at radius 1 is 0.625 bits per heavy atom. The van der Waals surface area contributed by atoms with E-state index in [2.05, 4.69) is 68.3 Å². The summed E-state index contributed by atoms with van der Waals surface area (Å²) in [6.07, 6.45) is 15.6. The number of pyridine rings is 2. The van der Waals surface area contributed by atoms with Crippen molar-refractivity contribution in [2.45, 2.75) is 51.4 Å². The molecule has 0 bridgehead atoms. The highest BCUT2D eigenvalue weighted by Crippen LogP contribution is 2.35. The SMILES string of the molecule is O=C[B]CC1CCN(Cc2cc3c(-c4ccccc4)cncc3cc2Cl)CC1.O=C[B]CC1CCN(Cc2cc3c(-c4ccccc4)cncc3cc2O)CC1. The number of hydrogen-bond acceptors (Lipinski definition) is 7. The largest absolute Gasteiger partial charge is 0.508 e. The van der Waals surface area contributed by atoms with Gasteiger partial charge in [0.25, 0.3) is 0 Å². The van der Waals surface area contributed by atoms with E-state index in [1.807, 2.05) is 55.0 Å². The average Bonchev–Trinajstić information content (AvgIpc) is 3.24. The Kier molecular flexibility index (Phi) is 13.6. The Labute approximate surface area is 336 Å². The number of rotatable bonds is 12. The zero-order valence-corrected chi connectivity index (χ0v) is 32.5. The first-order valence-corrected chi connectivity index (χ1v) is 20.1. The summed E-state index contributed by atoms with van der Waals surface area (Å²) in [4.78, 5) is 34.7. The molecule has 2 aliphatic heterocycles. The molecule has 0 atom stereocenters. The van der Waals surface area contributed by atoms with Gasteiger partial charge in [0.05, 0.1) is 12.4 Å². The van der Waals surface area contributed by atoms with Gasteiger partial charge in [-0.2, -0.15) is 0 Å². The van der Waals surface area contributed by atoms with Crippen molar-refractivity contribution in [3.8, 4) is 28.0 Å². The van der Waals surface area contributed by atoms with Gasteiger partial charge in [0.15, 0.2) is 14.6 Å². The third-order valence-corrected chi connectivity index (χ3v) is 11.7. The molecule has 0 spiro atoms. The molecule has 4 heterocycles. The number of carbonyl (C=O) groups excluding carboxylic acids is 2. The van der Waals surface area contributed by atoms with Gasteiger partial charge in [-0.1, -0.05) is 84.9 Å². The van der Waals surface area contributed by atoms with Crippen LogP contribution in [-0.4, -0.2) is 78.0 Å². The van der Waals surface area contributed by atoms with Crippen LogP contribution in [0.3, 0.4) is 0 Å². The fourth-order valence-electron chi connectivity index (χ4n) is 8.17. The lowest BCUT2D eigenvalue weighted by Gasteiger charge is -2.32. The number of phenolic OH excluding ortho intramolecular Hbond substituents is 1. The summed E-state index contributed by atoms with van der Waals surface area (Å²) in [5, 5.41) is 15.7. The van der Waals surface area contributed by atoms with E-state index < -0.39 is 0 Å². The van der Waals surface area contributed by atoms with Crippen LogP contribution in [0.5, 0.6) is 5.75 Å². The number of aromatic nitrogens is 2. The van der Waals surface area contributed by atoms with Crippen molar-refractivity contribution in [1.29, 1.82) is 0 Å². The number of hydrogen-bond donors (Lipinski definition) is 1. The molecule has 2 saturated heterocycles. The van der Waals surface area contributed by atoms with E-state index in [1.165, 1.54) is 10.9 Å². The number of benzene rings is 4. The summed E-state index contributed by atoms with van der Waals surface area (Å²) in [7, 11) is 3.48. The predicted molar refractivity (Wildman–Crippen MR) is 232 cm³/mol. The lowest BCUT2D eigenvalue weighted by Crippen LogP contribution is -2.33. The second kappa shape index (κ2) is 19.4. The maximum atomic E-state index is 10.6. The molecule has 8 rings (SSSR count). The zero-order chi connectivity index (χ0) is 38.7. The predicted octanol–water partition coefficient (Wildman–Crippen LogP) is 9.21. The van der Waals surface area contributed by atoms with Crippen molar-refractivity contribution in [1.82, 2.24) is 19.8 Å². The molecule has 10 heteroatoms. The number of likely N-dealkylation sites (tertiary alicyclic amines) is 2. The Hall–Kier alpha value is -4.82. The van der Waals surface area contributed by atoms with E-state index in [-0.39, 0.29) is 0 Å². The summed E-state index contributed by atoms with van der Waals surface area (Å²) in [6, 6.07) is 28.8. The standard InChI is InChI=1S/C23H23BClN2O.C23H24BN2O2/c25-23-11-19-13-26-14-22(18-4-2-1-3-5-18)21(19)10-20(23)15-27-8-6-17(7-9-27)12-24-16-28;27-16-24-12-17-6-8-26(9-7-17)15-20-10-21-19(11-23(20)28)13-25-14-22(21)18-4-2-1-3-5-18/h1-5,10-11,13-14,16-17H,6-9,12,15H2;1-5,10-11,13-14,16-17,28H,6-9,12,15H2. The molecule has 56 heavy (non-hydrogen) atoms. The Balaban J connectivity index is 0.000000172. The molecule has 4 aromatic carbocycles. The van der Waals surface area contributed by atoms with Crippen molar-refractivity contribution < 1.29 is 14.7 Å². The van der Waals surface area contributed by atoms with Crippen molar-refractivity contribution in [3.05, 3.63) is 126 Å². The number of nitrogens with zero attached hydrogens (tertiary/aromatic N) is 4.